The van der Waals surface area contributed by atoms with Crippen molar-refractivity contribution in [1.29, 1.82) is 0 Å². The molecule has 4 rings (SSSR count). The molecule has 1 fully saturated rings. The van der Waals surface area contributed by atoms with E-state index in [2.05, 4.69) is 15.2 Å². The zero-order chi connectivity index (χ0) is 29.5. The van der Waals surface area contributed by atoms with Crippen molar-refractivity contribution in [2.24, 2.45) is 0 Å². The lowest BCUT2D eigenvalue weighted by atomic mass is 9.93. The standard InChI is InChI=1S/C28H32F3N5O5.2ClH/c1-40-16-23-24(27(38)41-2)26(19-14-20(29)25(31)21(30)15-19)36(28(39)33-23)35(17-37)11-5-10-34-12-7-18(8-13-34)22-6-3-4-9-32-22;;/h3-4,6,9,14-15,17-18,26H,5,7-8,10-13,16H2,1-2H3,(H,33,39);2*1H. The summed E-state index contributed by atoms with van der Waals surface area (Å²) < 4.78 is 52.4. The molecule has 1 aromatic heterocycles. The Bertz CT molecular complexity index is 1280. The second kappa shape index (κ2) is 16.5. The number of benzene rings is 1. The van der Waals surface area contributed by atoms with Gasteiger partial charge in [0.05, 0.1) is 25.0 Å². The molecule has 0 saturated carbocycles. The predicted molar refractivity (Wildman–Crippen MR) is 155 cm³/mol. The molecule has 3 heterocycles. The maximum Gasteiger partial charge on any atom is 0.341 e. The van der Waals surface area contributed by atoms with Crippen LogP contribution in [0.1, 0.15) is 42.5 Å². The lowest BCUT2D eigenvalue weighted by Gasteiger charge is -2.42. The van der Waals surface area contributed by atoms with Crippen molar-refractivity contribution in [3.63, 3.8) is 0 Å². The van der Waals surface area contributed by atoms with Crippen LogP contribution in [0.25, 0.3) is 0 Å². The lowest BCUT2D eigenvalue weighted by molar-refractivity contribution is -0.141. The molecule has 0 aliphatic carbocycles. The molecule has 3 amide bonds. The fourth-order valence-corrected chi connectivity index (χ4v) is 5.30. The summed E-state index contributed by atoms with van der Waals surface area (Å²) in [5, 5.41) is 4.43. The van der Waals surface area contributed by atoms with E-state index in [1.807, 2.05) is 18.2 Å². The molecule has 43 heavy (non-hydrogen) atoms. The highest BCUT2D eigenvalue weighted by molar-refractivity contribution is 5.95. The number of likely N-dealkylation sites (tertiary alicyclic amines) is 1. The summed E-state index contributed by atoms with van der Waals surface area (Å²) in [5.41, 5.74) is 0.561. The molecule has 2 aromatic rings. The van der Waals surface area contributed by atoms with Crippen LogP contribution < -0.4 is 5.32 Å². The Morgan fingerprint density at radius 2 is 1.81 bits per heavy atom. The maximum absolute atomic E-state index is 14.3. The number of methoxy groups -OCH3 is 2. The SMILES string of the molecule is COCC1=C(C(=O)OC)C(c2cc(F)c(F)c(F)c2)N(N(C=O)CCCN2CCC(c3ccccn3)CC2)C(=O)N1.Cl.Cl. The van der Waals surface area contributed by atoms with E-state index < -0.39 is 35.5 Å². The van der Waals surface area contributed by atoms with Crippen LogP contribution in [-0.4, -0.2) is 85.3 Å². The second-order valence-electron chi connectivity index (χ2n) is 9.79. The molecule has 1 aromatic carbocycles. The third kappa shape index (κ3) is 8.17. The first-order chi connectivity index (χ1) is 19.8. The Morgan fingerprint density at radius 3 is 2.37 bits per heavy atom. The van der Waals surface area contributed by atoms with Gasteiger partial charge in [-0.2, -0.15) is 0 Å². The van der Waals surface area contributed by atoms with E-state index in [0.29, 0.717) is 37.4 Å². The quantitative estimate of drug-likeness (QED) is 0.222. The van der Waals surface area contributed by atoms with Gasteiger partial charge in [-0.05, 0) is 68.7 Å². The van der Waals surface area contributed by atoms with Crippen LogP contribution in [0.5, 0.6) is 0 Å². The van der Waals surface area contributed by atoms with Crippen molar-refractivity contribution in [2.75, 3.05) is 47.0 Å². The van der Waals surface area contributed by atoms with Gasteiger partial charge in [0, 0.05) is 31.5 Å². The summed E-state index contributed by atoms with van der Waals surface area (Å²) in [4.78, 5) is 45.1. The van der Waals surface area contributed by atoms with Gasteiger partial charge in [0.1, 0.15) is 6.04 Å². The Hall–Kier alpha value is -3.39. The van der Waals surface area contributed by atoms with Crippen molar-refractivity contribution in [2.45, 2.75) is 31.2 Å². The van der Waals surface area contributed by atoms with Gasteiger partial charge in [0.2, 0.25) is 6.41 Å². The molecule has 1 saturated heterocycles. The maximum atomic E-state index is 14.3. The van der Waals surface area contributed by atoms with E-state index in [4.69, 9.17) is 9.47 Å². The minimum atomic E-state index is -1.71. The van der Waals surface area contributed by atoms with Crippen LogP contribution in [0.2, 0.25) is 0 Å². The summed E-state index contributed by atoms with van der Waals surface area (Å²) in [6, 6.07) is 4.88. The van der Waals surface area contributed by atoms with E-state index >= 15 is 0 Å². The zero-order valence-electron chi connectivity index (χ0n) is 23.6. The number of pyridine rings is 1. The van der Waals surface area contributed by atoms with Crippen molar-refractivity contribution in [3.05, 3.63) is 76.5 Å². The second-order valence-corrected chi connectivity index (χ2v) is 9.79. The number of urea groups is 1. The Labute approximate surface area is 260 Å². The van der Waals surface area contributed by atoms with Gasteiger partial charge in [0.15, 0.2) is 17.5 Å². The number of piperidine rings is 1. The minimum absolute atomic E-state index is 0. The number of aromatic nitrogens is 1. The number of carbonyl (C=O) groups is 3. The van der Waals surface area contributed by atoms with Crippen LogP contribution in [-0.2, 0) is 19.1 Å². The number of rotatable bonds is 11. The lowest BCUT2D eigenvalue weighted by Crippen LogP contribution is -2.57. The number of carbonyl (C=O) groups excluding carboxylic acids is 3. The van der Waals surface area contributed by atoms with Crippen LogP contribution in [0, 0.1) is 17.5 Å². The summed E-state index contributed by atoms with van der Waals surface area (Å²) in [6.45, 7) is 2.08. The topological polar surface area (TPSA) is 104 Å². The van der Waals surface area contributed by atoms with E-state index in [1.54, 1.807) is 6.20 Å². The number of nitrogens with zero attached hydrogens (tertiary/aromatic N) is 4. The number of nitrogens with one attached hydrogen (secondary N) is 1. The average molecular weight is 649 g/mol. The Balaban J connectivity index is 0.00000323. The number of amides is 3. The van der Waals surface area contributed by atoms with Gasteiger partial charge < -0.3 is 19.7 Å². The molecule has 1 atom stereocenters. The van der Waals surface area contributed by atoms with E-state index in [-0.39, 0.29) is 54.8 Å². The number of ether oxygens (including phenoxy) is 2. The third-order valence-electron chi connectivity index (χ3n) is 7.28. The molecule has 1 N–H and O–H groups in total. The van der Waals surface area contributed by atoms with Gasteiger partial charge in [0.25, 0.3) is 0 Å². The first-order valence-corrected chi connectivity index (χ1v) is 13.2. The molecule has 2 aliphatic heterocycles. The highest BCUT2D eigenvalue weighted by atomic mass is 35.5. The van der Waals surface area contributed by atoms with Crippen molar-refractivity contribution in [1.82, 2.24) is 25.2 Å². The Kier molecular flexibility index (Phi) is 13.7. The molecule has 236 valence electrons. The van der Waals surface area contributed by atoms with Crippen LogP contribution in [0.4, 0.5) is 18.0 Å². The monoisotopic (exact) mass is 647 g/mol. The first kappa shape index (κ1) is 35.8. The molecule has 0 radical (unpaired) electrons. The summed E-state index contributed by atoms with van der Waals surface area (Å²) >= 11 is 0. The van der Waals surface area contributed by atoms with Gasteiger partial charge in [-0.3, -0.25) is 14.8 Å². The largest absolute Gasteiger partial charge is 0.466 e. The van der Waals surface area contributed by atoms with E-state index in [1.165, 1.54) is 7.11 Å². The summed E-state index contributed by atoms with van der Waals surface area (Å²) in [5.74, 6) is -5.30. The first-order valence-electron chi connectivity index (χ1n) is 13.2. The average Bonchev–Trinajstić information content (AvgIpc) is 2.98. The minimum Gasteiger partial charge on any atom is -0.466 e. The fourth-order valence-electron chi connectivity index (χ4n) is 5.30. The van der Waals surface area contributed by atoms with Gasteiger partial charge >= 0.3 is 12.0 Å². The summed E-state index contributed by atoms with van der Waals surface area (Å²) in [7, 11) is 2.42. The predicted octanol–water partition coefficient (Wildman–Crippen LogP) is 4.13. The van der Waals surface area contributed by atoms with E-state index in [0.717, 1.165) is 48.8 Å². The Morgan fingerprint density at radius 1 is 1.14 bits per heavy atom. The highest BCUT2D eigenvalue weighted by Crippen LogP contribution is 2.36. The van der Waals surface area contributed by atoms with Crippen LogP contribution >= 0.6 is 24.8 Å². The fraction of sp³-hybridized carbons (Fsp3) is 0.429. The van der Waals surface area contributed by atoms with Gasteiger partial charge in [-0.15, -0.1) is 24.8 Å². The van der Waals surface area contributed by atoms with Crippen LogP contribution in [0.15, 0.2) is 47.8 Å². The number of esters is 1. The normalized spacial score (nSPS) is 17.5. The smallest absolute Gasteiger partial charge is 0.341 e. The van der Waals surface area contributed by atoms with Gasteiger partial charge in [-0.25, -0.2) is 27.8 Å². The number of hydrogen-bond donors (Lipinski definition) is 1. The van der Waals surface area contributed by atoms with Gasteiger partial charge in [-0.1, -0.05) is 6.07 Å². The number of hydrazine groups is 1. The molecule has 10 nitrogen and oxygen atoms in total. The zero-order valence-corrected chi connectivity index (χ0v) is 25.3. The number of hydrogen-bond acceptors (Lipinski definition) is 7. The molecule has 1 unspecified atom stereocenters. The third-order valence-corrected chi connectivity index (χ3v) is 7.28. The highest BCUT2D eigenvalue weighted by Gasteiger charge is 2.43. The molecule has 0 spiro atoms. The van der Waals surface area contributed by atoms with Crippen molar-refractivity contribution >= 4 is 43.2 Å². The molecular weight excluding hydrogens is 614 g/mol. The summed E-state index contributed by atoms with van der Waals surface area (Å²) in [6.07, 6.45) is 4.50. The molecule has 15 heteroatoms. The molecular formula is C28H34Cl2F3N5O5. The van der Waals surface area contributed by atoms with Crippen molar-refractivity contribution in [3.8, 4) is 0 Å². The molecule has 0 bridgehead atoms. The number of halogens is 5. The van der Waals surface area contributed by atoms with Crippen LogP contribution in [0.3, 0.4) is 0 Å². The van der Waals surface area contributed by atoms with E-state index in [9.17, 15) is 27.6 Å². The molecule has 2 aliphatic rings. The van der Waals surface area contributed by atoms with Crippen molar-refractivity contribution < 1.29 is 37.0 Å².